The number of nitrogens with one attached hydrogen (secondary N) is 1. The number of Topliss-reactive ketones (excluding diaryl/α,β-unsaturated/α-hetero) is 1. The summed E-state index contributed by atoms with van der Waals surface area (Å²) in [5, 5.41) is 5.59. The molecule has 1 aliphatic carbocycles. The molecule has 0 bridgehead atoms. The molecule has 5 rings (SSSR count). The van der Waals surface area contributed by atoms with Crippen molar-refractivity contribution in [3.8, 4) is 5.75 Å². The molecule has 1 saturated carbocycles. The highest BCUT2D eigenvalue weighted by Gasteiger charge is 2.42. The second kappa shape index (κ2) is 7.02. The molecule has 5 nitrogen and oxygen atoms in total. The van der Waals surface area contributed by atoms with Gasteiger partial charge in [-0.25, -0.2) is 0 Å². The average molecular weight is 410 g/mol. The summed E-state index contributed by atoms with van der Waals surface area (Å²) in [7, 11) is 0. The summed E-state index contributed by atoms with van der Waals surface area (Å²) >= 11 is 1.59. The van der Waals surface area contributed by atoms with Crippen LogP contribution in [0.5, 0.6) is 5.75 Å². The van der Waals surface area contributed by atoms with Crippen LogP contribution in [-0.4, -0.2) is 17.3 Å². The number of rotatable bonds is 3. The van der Waals surface area contributed by atoms with E-state index in [2.05, 4.69) is 5.32 Å². The molecule has 150 valence electrons. The van der Waals surface area contributed by atoms with Gasteiger partial charge in [0.1, 0.15) is 16.9 Å². The Hall–Kier alpha value is -2.60. The second-order valence-electron chi connectivity index (χ2n) is 8.08. The Balaban J connectivity index is 1.49. The number of hydrogen-bond acceptors (Lipinski definition) is 5. The van der Waals surface area contributed by atoms with E-state index in [1.54, 1.807) is 11.3 Å². The summed E-state index contributed by atoms with van der Waals surface area (Å²) in [6, 6.07) is 7.56. The molecule has 1 fully saturated rings. The van der Waals surface area contributed by atoms with Gasteiger partial charge in [0.2, 0.25) is 0 Å². The second-order valence-corrected chi connectivity index (χ2v) is 9.11. The van der Waals surface area contributed by atoms with Gasteiger partial charge in [0.25, 0.3) is 5.91 Å². The molecule has 1 spiro atoms. The number of amides is 1. The van der Waals surface area contributed by atoms with Gasteiger partial charge in [0, 0.05) is 15.8 Å². The Morgan fingerprint density at radius 3 is 2.79 bits per heavy atom. The van der Waals surface area contributed by atoms with Crippen LogP contribution in [0.3, 0.4) is 0 Å². The normalized spacial score (nSPS) is 17.9. The molecule has 1 aliphatic heterocycles. The van der Waals surface area contributed by atoms with E-state index in [1.807, 2.05) is 36.6 Å². The Bertz CT molecular complexity index is 1090. The van der Waals surface area contributed by atoms with Crippen molar-refractivity contribution in [3.05, 3.63) is 51.4 Å². The van der Waals surface area contributed by atoms with Crippen molar-refractivity contribution in [3.63, 3.8) is 0 Å². The maximum Gasteiger partial charge on any atom is 0.287 e. The first kappa shape index (κ1) is 18.4. The quantitative estimate of drug-likeness (QED) is 0.629. The summed E-state index contributed by atoms with van der Waals surface area (Å²) in [5.74, 6) is 0.711. The van der Waals surface area contributed by atoms with Gasteiger partial charge in [-0.05, 0) is 56.2 Å². The molecule has 0 unspecified atom stereocenters. The Kier molecular flexibility index (Phi) is 4.46. The summed E-state index contributed by atoms with van der Waals surface area (Å²) in [6.45, 7) is 2.29. The number of benzene rings is 1. The van der Waals surface area contributed by atoms with Crippen LogP contribution in [0, 0.1) is 6.92 Å². The average Bonchev–Trinajstić information content (AvgIpc) is 3.34. The van der Waals surface area contributed by atoms with Crippen LogP contribution in [0.2, 0.25) is 0 Å². The smallest absolute Gasteiger partial charge is 0.287 e. The lowest BCUT2D eigenvalue weighted by molar-refractivity contribution is 0.0139. The van der Waals surface area contributed by atoms with E-state index < -0.39 is 0 Å². The molecule has 2 aromatic heterocycles. The van der Waals surface area contributed by atoms with Crippen molar-refractivity contribution in [2.75, 3.05) is 0 Å². The van der Waals surface area contributed by atoms with Gasteiger partial charge in [-0.15, -0.1) is 11.3 Å². The first-order chi connectivity index (χ1) is 14.1. The number of carbonyl (C=O) groups excluding carboxylic acids is 2. The van der Waals surface area contributed by atoms with Gasteiger partial charge >= 0.3 is 0 Å². The van der Waals surface area contributed by atoms with E-state index in [4.69, 9.17) is 9.15 Å². The summed E-state index contributed by atoms with van der Waals surface area (Å²) < 4.78 is 12.3. The topological polar surface area (TPSA) is 68.5 Å². The van der Waals surface area contributed by atoms with Crippen molar-refractivity contribution in [2.24, 2.45) is 0 Å². The zero-order chi connectivity index (χ0) is 20.0. The first-order valence-electron chi connectivity index (χ1n) is 10.2. The lowest BCUT2D eigenvalue weighted by Gasteiger charge is -2.40. The number of carbonyl (C=O) groups is 2. The number of furan rings is 1. The number of fused-ring (bicyclic) bond motifs is 3. The monoisotopic (exact) mass is 409 g/mol. The fourth-order valence-corrected chi connectivity index (χ4v) is 5.33. The molecule has 1 N–H and O–H groups in total. The van der Waals surface area contributed by atoms with E-state index >= 15 is 0 Å². The first-order valence-corrected chi connectivity index (χ1v) is 11.0. The number of thiophene rings is 1. The minimum Gasteiger partial charge on any atom is -0.486 e. The van der Waals surface area contributed by atoms with Crippen molar-refractivity contribution in [2.45, 2.75) is 57.6 Å². The molecular weight excluding hydrogens is 386 g/mol. The highest BCUT2D eigenvalue weighted by atomic mass is 32.1. The highest BCUT2D eigenvalue weighted by Crippen LogP contribution is 2.45. The van der Waals surface area contributed by atoms with Crippen molar-refractivity contribution in [1.29, 1.82) is 0 Å². The SMILES string of the molecule is Cc1c(C(=O)NCc2cccs2)oc2ccc3c(c12)C(=O)CC1(CCCCC1)O3. The molecule has 2 aliphatic rings. The van der Waals surface area contributed by atoms with Crippen molar-refractivity contribution >= 4 is 34.0 Å². The Labute approximate surface area is 173 Å². The summed E-state index contributed by atoms with van der Waals surface area (Å²) in [4.78, 5) is 26.9. The molecule has 1 aromatic carbocycles. The van der Waals surface area contributed by atoms with E-state index in [0.717, 1.165) is 30.6 Å². The van der Waals surface area contributed by atoms with E-state index in [9.17, 15) is 9.59 Å². The summed E-state index contributed by atoms with van der Waals surface area (Å²) in [6.07, 6.45) is 5.67. The van der Waals surface area contributed by atoms with Crippen LogP contribution in [0.4, 0.5) is 0 Å². The lowest BCUT2D eigenvalue weighted by atomic mass is 9.78. The zero-order valence-electron chi connectivity index (χ0n) is 16.4. The molecule has 0 atom stereocenters. The van der Waals surface area contributed by atoms with Gasteiger partial charge in [-0.3, -0.25) is 9.59 Å². The third-order valence-electron chi connectivity index (χ3n) is 6.12. The molecule has 1 amide bonds. The third-order valence-corrected chi connectivity index (χ3v) is 7.00. The molecule has 3 aromatic rings. The van der Waals surface area contributed by atoms with E-state index in [0.29, 0.717) is 40.8 Å². The molecule has 6 heteroatoms. The third kappa shape index (κ3) is 3.15. The molecule has 3 heterocycles. The van der Waals surface area contributed by atoms with Crippen LogP contribution >= 0.6 is 11.3 Å². The zero-order valence-corrected chi connectivity index (χ0v) is 17.2. The summed E-state index contributed by atoms with van der Waals surface area (Å²) in [5.41, 5.74) is 1.46. The molecule has 29 heavy (non-hydrogen) atoms. The van der Waals surface area contributed by atoms with Crippen molar-refractivity contribution in [1.82, 2.24) is 5.32 Å². The largest absolute Gasteiger partial charge is 0.486 e. The minimum atomic E-state index is -0.353. The molecule has 0 radical (unpaired) electrons. The number of ether oxygens (including phenoxy) is 1. The predicted octanol–water partition coefficient (Wildman–Crippen LogP) is 5.40. The van der Waals surface area contributed by atoms with Crippen LogP contribution in [-0.2, 0) is 6.54 Å². The van der Waals surface area contributed by atoms with Crippen LogP contribution in [0.15, 0.2) is 34.1 Å². The fourth-order valence-electron chi connectivity index (χ4n) is 4.69. The highest BCUT2D eigenvalue weighted by molar-refractivity contribution is 7.09. The van der Waals surface area contributed by atoms with Crippen LogP contribution < -0.4 is 10.1 Å². The maximum atomic E-state index is 13.2. The Morgan fingerprint density at radius 1 is 1.21 bits per heavy atom. The number of ketones is 1. The van der Waals surface area contributed by atoms with Gasteiger partial charge < -0.3 is 14.5 Å². The van der Waals surface area contributed by atoms with E-state index in [-0.39, 0.29) is 23.1 Å². The fraction of sp³-hybridized carbons (Fsp3) is 0.391. The Morgan fingerprint density at radius 2 is 2.03 bits per heavy atom. The van der Waals surface area contributed by atoms with Gasteiger partial charge in [0.15, 0.2) is 11.5 Å². The minimum absolute atomic E-state index is 0.0909. The number of aryl methyl sites for hydroxylation is 1. The van der Waals surface area contributed by atoms with E-state index in [1.165, 1.54) is 6.42 Å². The standard InChI is InChI=1S/C23H23NO4S/c1-14-19-17(27-21(14)22(26)24-13-15-6-5-11-29-15)7-8-18-20(19)16(25)12-23(28-18)9-3-2-4-10-23/h5-8,11H,2-4,9-10,12-13H2,1H3,(H,24,26). The lowest BCUT2D eigenvalue weighted by Crippen LogP contribution is -2.43. The number of hydrogen-bond donors (Lipinski definition) is 1. The maximum absolute atomic E-state index is 13.2. The molecular formula is C23H23NO4S. The van der Waals surface area contributed by atoms with Crippen LogP contribution in [0.25, 0.3) is 11.0 Å². The van der Waals surface area contributed by atoms with Gasteiger partial charge in [-0.2, -0.15) is 0 Å². The van der Waals surface area contributed by atoms with Crippen LogP contribution in [0.1, 0.15) is 69.9 Å². The molecule has 0 saturated heterocycles. The van der Waals surface area contributed by atoms with Gasteiger partial charge in [0.05, 0.1) is 18.5 Å². The van der Waals surface area contributed by atoms with Gasteiger partial charge in [-0.1, -0.05) is 12.5 Å². The predicted molar refractivity (Wildman–Crippen MR) is 112 cm³/mol. The van der Waals surface area contributed by atoms with Crippen molar-refractivity contribution < 1.29 is 18.7 Å².